The average molecular weight is 363 g/mol. The monoisotopic (exact) mass is 362 g/mol. The van der Waals surface area contributed by atoms with Gasteiger partial charge in [-0.05, 0) is 24.3 Å². The van der Waals surface area contributed by atoms with Crippen molar-refractivity contribution in [3.8, 4) is 0 Å². The lowest BCUT2D eigenvalue weighted by Crippen LogP contribution is -2.39. The van der Waals surface area contributed by atoms with E-state index in [-0.39, 0.29) is 11.9 Å². The number of likely N-dealkylation sites (tertiary alicyclic amines) is 1. The van der Waals surface area contributed by atoms with Gasteiger partial charge in [-0.15, -0.1) is 0 Å². The van der Waals surface area contributed by atoms with Gasteiger partial charge >= 0.3 is 5.97 Å². The normalized spacial score (nSPS) is 18.5. The number of hydrogen-bond acceptors (Lipinski definition) is 3. The van der Waals surface area contributed by atoms with Crippen molar-refractivity contribution in [1.29, 1.82) is 0 Å². The summed E-state index contributed by atoms with van der Waals surface area (Å²) in [5.41, 5.74) is 2.75. The maximum Gasteiger partial charge on any atom is 0.308 e. The molecular formula is C22H36NO3+. The molecule has 0 bridgehead atoms. The van der Waals surface area contributed by atoms with Crippen LogP contribution in [0.1, 0.15) is 56.6 Å². The fraction of sp³-hybridized carbons (Fsp3) is 0.682. The van der Waals surface area contributed by atoms with Crippen molar-refractivity contribution in [3.05, 3.63) is 35.4 Å². The lowest BCUT2D eigenvalue weighted by Gasteiger charge is -2.29. The van der Waals surface area contributed by atoms with E-state index in [0.29, 0.717) is 19.1 Å². The fourth-order valence-electron chi connectivity index (χ4n) is 4.02. The molecular weight excluding hydrogens is 326 g/mol. The molecule has 0 saturated carbocycles. The molecule has 26 heavy (non-hydrogen) atoms. The summed E-state index contributed by atoms with van der Waals surface area (Å²) in [4.78, 5) is 12.1. The highest BCUT2D eigenvalue weighted by molar-refractivity contribution is 5.72. The molecule has 1 heterocycles. The zero-order valence-electron chi connectivity index (χ0n) is 17.0. The number of methoxy groups -OCH3 is 1. The summed E-state index contributed by atoms with van der Waals surface area (Å²) in [5.74, 6) is 0.180. The van der Waals surface area contributed by atoms with Crippen molar-refractivity contribution >= 4 is 5.97 Å². The zero-order valence-corrected chi connectivity index (χ0v) is 17.0. The van der Waals surface area contributed by atoms with Gasteiger partial charge in [0.05, 0.1) is 32.7 Å². The van der Waals surface area contributed by atoms with Crippen LogP contribution in [-0.2, 0) is 20.8 Å². The first-order chi connectivity index (χ1) is 12.5. The minimum atomic E-state index is -0.122. The summed E-state index contributed by atoms with van der Waals surface area (Å²) in [6.07, 6.45) is 4.56. The van der Waals surface area contributed by atoms with Gasteiger partial charge in [0.25, 0.3) is 0 Å². The SMILES string of the molecule is CCC(CC(C)C(=O)OCCOC)c1ccc(C[N+]2(C)CCCC2)cc1. The maximum absolute atomic E-state index is 12.1. The van der Waals surface area contributed by atoms with Gasteiger partial charge in [-0.1, -0.05) is 38.1 Å². The molecule has 2 atom stereocenters. The van der Waals surface area contributed by atoms with Crippen LogP contribution in [-0.4, -0.2) is 50.9 Å². The summed E-state index contributed by atoms with van der Waals surface area (Å²) < 4.78 is 11.4. The smallest absolute Gasteiger partial charge is 0.308 e. The predicted octanol–water partition coefficient (Wildman–Crippen LogP) is 4.14. The highest BCUT2D eigenvalue weighted by Gasteiger charge is 2.27. The predicted molar refractivity (Wildman–Crippen MR) is 105 cm³/mol. The Bertz CT molecular complexity index is 549. The Kier molecular flexibility index (Phi) is 8.11. The average Bonchev–Trinajstić information content (AvgIpc) is 3.06. The quantitative estimate of drug-likeness (QED) is 0.356. The number of quaternary nitrogens is 1. The summed E-state index contributed by atoms with van der Waals surface area (Å²) in [6.45, 7) is 8.66. The van der Waals surface area contributed by atoms with Crippen LogP contribution in [0.5, 0.6) is 0 Å². The van der Waals surface area contributed by atoms with E-state index < -0.39 is 0 Å². The van der Waals surface area contributed by atoms with Crippen LogP contribution in [0.2, 0.25) is 0 Å². The molecule has 1 aromatic rings. The second kappa shape index (κ2) is 10.1. The largest absolute Gasteiger partial charge is 0.463 e. The van der Waals surface area contributed by atoms with Gasteiger partial charge in [0.15, 0.2) is 0 Å². The van der Waals surface area contributed by atoms with Gasteiger partial charge in [0.2, 0.25) is 0 Å². The standard InChI is InChI=1S/C22H36NO3/c1-5-20(16-18(2)22(24)26-15-14-25-4)21-10-8-19(9-11-21)17-23(3)12-6-7-13-23/h8-11,18,20H,5-7,12-17H2,1-4H3/q+1. The lowest BCUT2D eigenvalue weighted by atomic mass is 9.87. The summed E-state index contributed by atoms with van der Waals surface area (Å²) >= 11 is 0. The Morgan fingerprint density at radius 2 is 1.81 bits per heavy atom. The first-order valence-corrected chi connectivity index (χ1v) is 10.1. The number of nitrogens with zero attached hydrogens (tertiary/aromatic N) is 1. The van der Waals surface area contributed by atoms with Crippen molar-refractivity contribution in [1.82, 2.24) is 0 Å². The van der Waals surface area contributed by atoms with E-state index in [1.165, 1.54) is 41.5 Å². The van der Waals surface area contributed by atoms with Crippen LogP contribution < -0.4 is 0 Å². The first-order valence-electron chi connectivity index (χ1n) is 10.1. The van der Waals surface area contributed by atoms with Crippen molar-refractivity contribution in [2.75, 3.05) is 40.5 Å². The minimum absolute atomic E-state index is 0.0921. The third-order valence-corrected chi connectivity index (χ3v) is 5.73. The first kappa shape index (κ1) is 20.9. The van der Waals surface area contributed by atoms with Gasteiger partial charge in [-0.25, -0.2) is 0 Å². The summed E-state index contributed by atoms with van der Waals surface area (Å²) in [7, 11) is 3.98. The number of carbonyl (C=O) groups is 1. The molecule has 0 aliphatic carbocycles. The number of rotatable bonds is 10. The molecule has 4 heteroatoms. The second-order valence-electron chi connectivity index (χ2n) is 8.08. The fourth-order valence-corrected chi connectivity index (χ4v) is 4.02. The van der Waals surface area contributed by atoms with Crippen molar-refractivity contribution < 1.29 is 18.8 Å². The van der Waals surface area contributed by atoms with E-state index in [1.54, 1.807) is 7.11 Å². The van der Waals surface area contributed by atoms with Gasteiger partial charge in [0, 0.05) is 25.5 Å². The number of hydrogen-bond donors (Lipinski definition) is 0. The Morgan fingerprint density at radius 3 is 2.38 bits per heavy atom. The molecule has 0 amide bonds. The second-order valence-corrected chi connectivity index (χ2v) is 8.08. The van der Waals surface area contributed by atoms with Gasteiger partial charge in [-0.2, -0.15) is 0 Å². The molecule has 1 fully saturated rings. The molecule has 1 aliphatic heterocycles. The van der Waals surface area contributed by atoms with E-state index in [2.05, 4.69) is 38.2 Å². The molecule has 2 unspecified atom stereocenters. The third-order valence-electron chi connectivity index (χ3n) is 5.73. The molecule has 1 saturated heterocycles. The van der Waals surface area contributed by atoms with Crippen LogP contribution >= 0.6 is 0 Å². The Labute approximate surface area is 159 Å². The van der Waals surface area contributed by atoms with Crippen LogP contribution in [0, 0.1) is 5.92 Å². The number of ether oxygens (including phenoxy) is 2. The molecule has 0 aromatic heterocycles. The van der Waals surface area contributed by atoms with Gasteiger partial charge in [0.1, 0.15) is 13.2 Å². The summed E-state index contributed by atoms with van der Waals surface area (Å²) in [6, 6.07) is 9.08. The minimum Gasteiger partial charge on any atom is -0.463 e. The zero-order chi connectivity index (χ0) is 19.0. The van der Waals surface area contributed by atoms with Crippen molar-refractivity contribution in [3.63, 3.8) is 0 Å². The van der Waals surface area contributed by atoms with E-state index in [9.17, 15) is 4.79 Å². The Hall–Kier alpha value is -1.39. The van der Waals surface area contributed by atoms with Crippen molar-refractivity contribution in [2.45, 2.75) is 52.0 Å². The van der Waals surface area contributed by atoms with E-state index in [1.807, 2.05) is 6.92 Å². The molecule has 1 aromatic carbocycles. The molecule has 2 rings (SSSR count). The molecule has 1 aliphatic rings. The number of benzene rings is 1. The Balaban J connectivity index is 1.91. The van der Waals surface area contributed by atoms with Gasteiger partial charge in [-0.3, -0.25) is 4.79 Å². The molecule has 4 nitrogen and oxygen atoms in total. The van der Waals surface area contributed by atoms with E-state index in [0.717, 1.165) is 19.4 Å². The topological polar surface area (TPSA) is 35.5 Å². The molecule has 146 valence electrons. The third kappa shape index (κ3) is 6.10. The van der Waals surface area contributed by atoms with E-state index in [4.69, 9.17) is 9.47 Å². The molecule has 0 radical (unpaired) electrons. The lowest BCUT2D eigenvalue weighted by molar-refractivity contribution is -0.910. The van der Waals surface area contributed by atoms with Crippen LogP contribution in [0.4, 0.5) is 0 Å². The van der Waals surface area contributed by atoms with Gasteiger partial charge < -0.3 is 14.0 Å². The number of esters is 1. The maximum atomic E-state index is 12.1. The van der Waals surface area contributed by atoms with Crippen LogP contribution in [0.25, 0.3) is 0 Å². The van der Waals surface area contributed by atoms with E-state index >= 15 is 0 Å². The highest BCUT2D eigenvalue weighted by atomic mass is 16.6. The van der Waals surface area contributed by atoms with Crippen LogP contribution in [0.3, 0.4) is 0 Å². The molecule has 0 spiro atoms. The summed E-state index contributed by atoms with van der Waals surface area (Å²) in [5, 5.41) is 0. The number of carbonyl (C=O) groups excluding carboxylic acids is 1. The van der Waals surface area contributed by atoms with Crippen molar-refractivity contribution in [2.24, 2.45) is 5.92 Å². The highest BCUT2D eigenvalue weighted by Crippen LogP contribution is 2.29. The van der Waals surface area contributed by atoms with Crippen LogP contribution in [0.15, 0.2) is 24.3 Å². The molecule has 0 N–H and O–H groups in total. The Morgan fingerprint density at radius 1 is 1.15 bits per heavy atom.